The van der Waals surface area contributed by atoms with Crippen LogP contribution in [0.1, 0.15) is 34.2 Å². The molecule has 1 aromatic heterocycles. The van der Waals surface area contributed by atoms with Crippen LogP contribution >= 0.6 is 11.3 Å². The molecular weight excluding hydrogens is 244 g/mol. The van der Waals surface area contributed by atoms with Gasteiger partial charge in [0.05, 0.1) is 18.2 Å². The lowest BCUT2D eigenvalue weighted by atomic mass is 10.2. The van der Waals surface area contributed by atoms with Gasteiger partial charge in [-0.3, -0.25) is 0 Å². The molecule has 2 N–H and O–H groups in total. The lowest BCUT2D eigenvalue weighted by Gasteiger charge is -2.05. The summed E-state index contributed by atoms with van der Waals surface area (Å²) in [6.45, 7) is 0.890. The molecular formula is C14H16N2OS. The highest BCUT2D eigenvalue weighted by atomic mass is 32.1. The lowest BCUT2D eigenvalue weighted by molar-refractivity contribution is 0.282. The van der Waals surface area contributed by atoms with Crippen molar-refractivity contribution >= 4 is 17.0 Å². The molecule has 4 heteroatoms. The first-order valence-electron chi connectivity index (χ1n) is 6.23. The molecule has 94 valence electrons. The Morgan fingerprint density at radius 3 is 3.06 bits per heavy atom. The Labute approximate surface area is 111 Å². The number of nitrogens with one attached hydrogen (secondary N) is 1. The van der Waals surface area contributed by atoms with Crippen molar-refractivity contribution in [2.24, 2.45) is 0 Å². The number of hydrogen-bond acceptors (Lipinski definition) is 4. The molecule has 0 aliphatic heterocycles. The third-order valence-electron chi connectivity index (χ3n) is 3.07. The maximum absolute atomic E-state index is 9.08. The summed E-state index contributed by atoms with van der Waals surface area (Å²) in [7, 11) is 0. The smallest absolute Gasteiger partial charge is 0.0959 e. The zero-order chi connectivity index (χ0) is 12.4. The van der Waals surface area contributed by atoms with Crippen molar-refractivity contribution in [3.8, 4) is 0 Å². The summed E-state index contributed by atoms with van der Waals surface area (Å²) in [5.41, 5.74) is 1.98. The Morgan fingerprint density at radius 1 is 1.39 bits per heavy atom. The van der Waals surface area contributed by atoms with Gasteiger partial charge in [-0.1, -0.05) is 12.1 Å². The third kappa shape index (κ3) is 2.71. The normalized spacial score (nSPS) is 14.7. The highest BCUT2D eigenvalue weighted by Gasteiger charge is 2.26. The number of benzene rings is 1. The van der Waals surface area contributed by atoms with Gasteiger partial charge in [0, 0.05) is 22.7 Å². The number of aliphatic hydroxyl groups is 1. The summed E-state index contributed by atoms with van der Waals surface area (Å²) in [5.74, 6) is 0.737. The van der Waals surface area contributed by atoms with E-state index in [0.717, 1.165) is 23.7 Å². The summed E-state index contributed by atoms with van der Waals surface area (Å²) in [4.78, 5) is 5.73. The largest absolute Gasteiger partial charge is 0.392 e. The zero-order valence-electron chi connectivity index (χ0n) is 10.1. The van der Waals surface area contributed by atoms with Gasteiger partial charge in [-0.2, -0.15) is 0 Å². The first kappa shape index (κ1) is 11.7. The predicted molar refractivity (Wildman–Crippen MR) is 73.8 cm³/mol. The summed E-state index contributed by atoms with van der Waals surface area (Å²) in [5, 5.41) is 13.7. The van der Waals surface area contributed by atoms with E-state index in [9.17, 15) is 0 Å². The van der Waals surface area contributed by atoms with Crippen LogP contribution in [0.5, 0.6) is 0 Å². The number of aromatic nitrogens is 1. The molecule has 1 heterocycles. The van der Waals surface area contributed by atoms with Crippen molar-refractivity contribution in [2.45, 2.75) is 31.9 Å². The summed E-state index contributed by atoms with van der Waals surface area (Å²) in [6, 6.07) is 7.87. The van der Waals surface area contributed by atoms with Gasteiger partial charge < -0.3 is 10.4 Å². The van der Waals surface area contributed by atoms with Crippen molar-refractivity contribution in [3.05, 3.63) is 45.9 Å². The molecule has 1 aromatic carbocycles. The van der Waals surface area contributed by atoms with E-state index in [2.05, 4.69) is 10.3 Å². The summed E-state index contributed by atoms with van der Waals surface area (Å²) < 4.78 is 0. The minimum absolute atomic E-state index is 0.0852. The van der Waals surface area contributed by atoms with Gasteiger partial charge in [-0.05, 0) is 30.5 Å². The number of anilines is 1. The molecule has 3 nitrogen and oxygen atoms in total. The Hall–Kier alpha value is -1.39. The maximum atomic E-state index is 9.08. The number of hydrogen-bond donors (Lipinski definition) is 2. The van der Waals surface area contributed by atoms with Crippen molar-refractivity contribution in [3.63, 3.8) is 0 Å². The molecule has 1 aliphatic carbocycles. The third-order valence-corrected chi connectivity index (χ3v) is 4.23. The maximum Gasteiger partial charge on any atom is 0.0959 e. The second kappa shape index (κ2) is 5.08. The average Bonchev–Trinajstić information content (AvgIpc) is 3.16. The van der Waals surface area contributed by atoms with E-state index >= 15 is 0 Å². The van der Waals surface area contributed by atoms with E-state index in [0.29, 0.717) is 0 Å². The molecule has 1 fully saturated rings. The van der Waals surface area contributed by atoms with Crippen LogP contribution in [0, 0.1) is 0 Å². The van der Waals surface area contributed by atoms with Crippen LogP contribution in [0.4, 0.5) is 5.69 Å². The van der Waals surface area contributed by atoms with Gasteiger partial charge in [-0.15, -0.1) is 11.3 Å². The van der Waals surface area contributed by atoms with Crippen LogP contribution in [0.15, 0.2) is 30.5 Å². The van der Waals surface area contributed by atoms with Gasteiger partial charge in [0.15, 0.2) is 0 Å². The van der Waals surface area contributed by atoms with Gasteiger partial charge in [0.1, 0.15) is 0 Å². The minimum Gasteiger partial charge on any atom is -0.392 e. The quantitative estimate of drug-likeness (QED) is 0.868. The second-order valence-electron chi connectivity index (χ2n) is 4.65. The molecule has 18 heavy (non-hydrogen) atoms. The Balaban J connectivity index is 1.61. The van der Waals surface area contributed by atoms with Gasteiger partial charge in [-0.25, -0.2) is 4.98 Å². The fraction of sp³-hybridized carbons (Fsp3) is 0.357. The first-order chi connectivity index (χ1) is 8.85. The fourth-order valence-corrected chi connectivity index (χ4v) is 2.92. The van der Waals surface area contributed by atoms with Crippen molar-refractivity contribution in [2.75, 3.05) is 5.32 Å². The van der Waals surface area contributed by atoms with E-state index in [1.165, 1.54) is 22.7 Å². The Morgan fingerprint density at radius 2 is 2.28 bits per heavy atom. The molecule has 0 atom stereocenters. The van der Waals surface area contributed by atoms with Crippen LogP contribution in [0.2, 0.25) is 0 Å². The van der Waals surface area contributed by atoms with Crippen LogP contribution in [-0.4, -0.2) is 10.1 Å². The van der Waals surface area contributed by atoms with Crippen LogP contribution in [0.25, 0.3) is 0 Å². The van der Waals surface area contributed by atoms with E-state index in [4.69, 9.17) is 5.11 Å². The van der Waals surface area contributed by atoms with Crippen molar-refractivity contribution < 1.29 is 5.11 Å². The number of thiazole rings is 1. The molecule has 0 bridgehead atoms. The summed E-state index contributed by atoms with van der Waals surface area (Å²) >= 11 is 1.81. The standard InChI is InChI=1S/C14H16N2OS/c17-9-10-2-1-3-12(6-10)15-7-13-8-16-14(18-13)11-4-5-11/h1-3,6,8,11,15,17H,4-5,7,9H2. The van der Waals surface area contributed by atoms with E-state index in [-0.39, 0.29) is 6.61 Å². The monoisotopic (exact) mass is 260 g/mol. The van der Waals surface area contributed by atoms with E-state index in [1.54, 1.807) is 0 Å². The number of aliphatic hydroxyl groups excluding tert-OH is 1. The molecule has 1 aliphatic rings. The van der Waals surface area contributed by atoms with Crippen LogP contribution < -0.4 is 5.32 Å². The number of nitrogens with zero attached hydrogens (tertiary/aromatic N) is 1. The van der Waals surface area contributed by atoms with E-state index in [1.807, 2.05) is 41.8 Å². The molecule has 0 unspecified atom stereocenters. The SMILES string of the molecule is OCc1cccc(NCc2cnc(C3CC3)s2)c1. The van der Waals surface area contributed by atoms with Gasteiger partial charge in [0.25, 0.3) is 0 Å². The Bertz CT molecular complexity index is 534. The molecule has 3 rings (SSSR count). The molecule has 0 saturated heterocycles. The van der Waals surface area contributed by atoms with Gasteiger partial charge in [0.2, 0.25) is 0 Å². The van der Waals surface area contributed by atoms with Gasteiger partial charge >= 0.3 is 0 Å². The van der Waals surface area contributed by atoms with Crippen molar-refractivity contribution in [1.29, 1.82) is 0 Å². The first-order valence-corrected chi connectivity index (χ1v) is 7.05. The molecule has 1 saturated carbocycles. The topological polar surface area (TPSA) is 45.1 Å². The predicted octanol–water partition coefficient (Wildman–Crippen LogP) is 3.12. The lowest BCUT2D eigenvalue weighted by Crippen LogP contribution is -1.97. The highest BCUT2D eigenvalue weighted by Crippen LogP contribution is 2.41. The molecule has 0 spiro atoms. The van der Waals surface area contributed by atoms with Crippen LogP contribution in [0.3, 0.4) is 0 Å². The fourth-order valence-electron chi connectivity index (χ4n) is 1.89. The number of rotatable bonds is 5. The molecule has 0 amide bonds. The Kier molecular flexibility index (Phi) is 3.30. The molecule has 0 radical (unpaired) electrons. The molecule has 2 aromatic rings. The average molecular weight is 260 g/mol. The zero-order valence-corrected chi connectivity index (χ0v) is 10.9. The highest BCUT2D eigenvalue weighted by molar-refractivity contribution is 7.11. The second-order valence-corrected chi connectivity index (χ2v) is 5.80. The minimum atomic E-state index is 0.0852. The van der Waals surface area contributed by atoms with Crippen LogP contribution in [-0.2, 0) is 13.2 Å². The van der Waals surface area contributed by atoms with E-state index < -0.39 is 0 Å². The van der Waals surface area contributed by atoms with Crippen molar-refractivity contribution in [1.82, 2.24) is 4.98 Å². The summed E-state index contributed by atoms with van der Waals surface area (Å²) in [6.07, 6.45) is 4.58.